The molecule has 21 heavy (non-hydrogen) atoms. The number of hydrogen-bond donors (Lipinski definition) is 1. The van der Waals surface area contributed by atoms with E-state index in [1.807, 2.05) is 12.1 Å². The van der Waals surface area contributed by atoms with E-state index in [-0.39, 0.29) is 6.10 Å². The average molecular weight is 290 g/mol. The van der Waals surface area contributed by atoms with Crippen molar-refractivity contribution in [3.8, 4) is 11.5 Å². The Kier molecular flexibility index (Phi) is 4.39. The topological polar surface area (TPSA) is 38.7 Å². The Morgan fingerprint density at radius 1 is 1.19 bits per heavy atom. The molecule has 0 radical (unpaired) electrons. The zero-order valence-electron chi connectivity index (χ0n) is 13.1. The number of methoxy groups -OCH3 is 1. The number of fused-ring (bicyclic) bond motifs is 1. The van der Waals surface area contributed by atoms with Crippen molar-refractivity contribution in [1.82, 2.24) is 0 Å². The number of hydrogen-bond acceptors (Lipinski definition) is 3. The number of benzene rings is 1. The van der Waals surface area contributed by atoms with Crippen molar-refractivity contribution < 1.29 is 14.6 Å². The molecule has 2 atom stereocenters. The molecule has 1 N–H and O–H groups in total. The minimum absolute atomic E-state index is 0.218. The van der Waals surface area contributed by atoms with Crippen molar-refractivity contribution in [2.24, 2.45) is 5.92 Å². The Morgan fingerprint density at radius 2 is 1.90 bits per heavy atom. The van der Waals surface area contributed by atoms with Gasteiger partial charge < -0.3 is 14.6 Å². The van der Waals surface area contributed by atoms with Gasteiger partial charge in [-0.25, -0.2) is 0 Å². The molecule has 3 heteroatoms. The van der Waals surface area contributed by atoms with Crippen molar-refractivity contribution in [2.45, 2.75) is 64.1 Å². The third kappa shape index (κ3) is 3.03. The first-order valence-electron chi connectivity index (χ1n) is 8.24. The van der Waals surface area contributed by atoms with Gasteiger partial charge in [0.05, 0.1) is 13.2 Å². The number of aliphatic hydroxyl groups is 1. The molecule has 1 saturated carbocycles. The Morgan fingerprint density at radius 3 is 2.57 bits per heavy atom. The van der Waals surface area contributed by atoms with E-state index in [2.05, 4.69) is 6.92 Å². The first-order chi connectivity index (χ1) is 10.2. The molecule has 1 heterocycles. The van der Waals surface area contributed by atoms with Crippen LogP contribution in [0.1, 0.15) is 62.7 Å². The summed E-state index contributed by atoms with van der Waals surface area (Å²) in [6.45, 7) is 2.08. The van der Waals surface area contributed by atoms with E-state index in [9.17, 15) is 5.11 Å². The summed E-state index contributed by atoms with van der Waals surface area (Å²) < 4.78 is 11.4. The lowest BCUT2D eigenvalue weighted by atomic mass is 9.88. The summed E-state index contributed by atoms with van der Waals surface area (Å²) in [7, 11) is 1.68. The van der Waals surface area contributed by atoms with E-state index in [4.69, 9.17) is 9.47 Å². The van der Waals surface area contributed by atoms with Gasteiger partial charge in [0, 0.05) is 17.5 Å². The molecular formula is C18H26O3. The molecule has 2 unspecified atom stereocenters. The molecule has 1 aliphatic heterocycles. The van der Waals surface area contributed by atoms with Crippen molar-refractivity contribution in [2.75, 3.05) is 7.11 Å². The first-order valence-corrected chi connectivity index (χ1v) is 8.24. The fourth-order valence-corrected chi connectivity index (χ4v) is 3.74. The zero-order valence-corrected chi connectivity index (χ0v) is 13.1. The summed E-state index contributed by atoms with van der Waals surface area (Å²) in [6.07, 6.45) is 7.96. The lowest BCUT2D eigenvalue weighted by molar-refractivity contribution is 0.0957. The smallest absolute Gasteiger partial charge is 0.125 e. The first kappa shape index (κ1) is 14.7. The molecule has 1 aromatic carbocycles. The summed E-state index contributed by atoms with van der Waals surface area (Å²) in [4.78, 5) is 0. The van der Waals surface area contributed by atoms with Crippen molar-refractivity contribution >= 4 is 0 Å². The fraction of sp³-hybridized carbons (Fsp3) is 0.667. The fourth-order valence-electron chi connectivity index (χ4n) is 3.74. The Bertz CT molecular complexity index is 489. The summed E-state index contributed by atoms with van der Waals surface area (Å²) in [6, 6.07) is 4.06. The second kappa shape index (κ2) is 6.27. The molecule has 2 aliphatic rings. The molecule has 1 aromatic rings. The van der Waals surface area contributed by atoms with Crippen LogP contribution in [0.15, 0.2) is 12.1 Å². The van der Waals surface area contributed by atoms with Crippen LogP contribution in [0.25, 0.3) is 0 Å². The maximum absolute atomic E-state index is 10.8. The van der Waals surface area contributed by atoms with E-state index in [1.165, 1.54) is 31.2 Å². The molecular weight excluding hydrogens is 264 g/mol. The predicted octanol–water partition coefficient (Wildman–Crippen LogP) is 4.02. The molecule has 116 valence electrons. The molecule has 1 aliphatic carbocycles. The molecule has 3 nitrogen and oxygen atoms in total. The zero-order chi connectivity index (χ0) is 14.8. The van der Waals surface area contributed by atoms with Gasteiger partial charge in [-0.3, -0.25) is 0 Å². The van der Waals surface area contributed by atoms with Crippen molar-refractivity contribution in [3.05, 3.63) is 23.3 Å². The van der Waals surface area contributed by atoms with Gasteiger partial charge in [-0.05, 0) is 37.8 Å². The highest BCUT2D eigenvalue weighted by Gasteiger charge is 2.28. The van der Waals surface area contributed by atoms with Gasteiger partial charge in [0.25, 0.3) is 0 Å². The maximum Gasteiger partial charge on any atom is 0.125 e. The normalized spacial score (nSPS) is 24.0. The SMILES string of the molecule is COc1cc2c(cc1C(O)C1CCCCCC1)OC(C)C2. The molecule has 0 amide bonds. The molecule has 0 saturated heterocycles. The van der Waals surface area contributed by atoms with Crippen molar-refractivity contribution in [3.63, 3.8) is 0 Å². The van der Waals surface area contributed by atoms with Crippen LogP contribution in [0.2, 0.25) is 0 Å². The van der Waals surface area contributed by atoms with Crippen LogP contribution in [0.5, 0.6) is 11.5 Å². The molecule has 1 fully saturated rings. The number of rotatable bonds is 3. The van der Waals surface area contributed by atoms with Gasteiger partial charge in [0.15, 0.2) is 0 Å². The van der Waals surface area contributed by atoms with E-state index < -0.39 is 6.10 Å². The van der Waals surface area contributed by atoms with E-state index in [0.29, 0.717) is 5.92 Å². The van der Waals surface area contributed by atoms with E-state index in [1.54, 1.807) is 7.11 Å². The molecule has 0 aromatic heterocycles. The predicted molar refractivity (Wildman–Crippen MR) is 82.9 cm³/mol. The van der Waals surface area contributed by atoms with Gasteiger partial charge in [-0.1, -0.05) is 25.7 Å². The van der Waals surface area contributed by atoms with Crippen LogP contribution in [-0.2, 0) is 6.42 Å². The van der Waals surface area contributed by atoms with Crippen LogP contribution in [-0.4, -0.2) is 18.3 Å². The van der Waals surface area contributed by atoms with Crippen LogP contribution in [0, 0.1) is 5.92 Å². The molecule has 0 spiro atoms. The number of ether oxygens (including phenoxy) is 2. The van der Waals surface area contributed by atoms with Gasteiger partial charge in [-0.2, -0.15) is 0 Å². The Hall–Kier alpha value is -1.22. The summed E-state index contributed by atoms with van der Waals surface area (Å²) in [5, 5.41) is 10.8. The minimum Gasteiger partial charge on any atom is -0.496 e. The van der Waals surface area contributed by atoms with Crippen LogP contribution >= 0.6 is 0 Å². The molecule has 3 rings (SSSR count). The lowest BCUT2D eigenvalue weighted by Gasteiger charge is -2.24. The largest absolute Gasteiger partial charge is 0.496 e. The standard InChI is InChI=1S/C18H26O3/c1-12-9-14-10-17(20-2)15(11-16(14)21-12)18(19)13-7-5-3-4-6-8-13/h10-13,18-19H,3-9H2,1-2H3. The van der Waals surface area contributed by atoms with Gasteiger partial charge in [0.1, 0.15) is 17.6 Å². The lowest BCUT2D eigenvalue weighted by Crippen LogP contribution is -2.13. The highest BCUT2D eigenvalue weighted by Crippen LogP contribution is 2.42. The van der Waals surface area contributed by atoms with Gasteiger partial charge in [0.2, 0.25) is 0 Å². The quantitative estimate of drug-likeness (QED) is 0.854. The van der Waals surface area contributed by atoms with Crippen molar-refractivity contribution in [1.29, 1.82) is 0 Å². The van der Waals surface area contributed by atoms with Gasteiger partial charge in [-0.15, -0.1) is 0 Å². The monoisotopic (exact) mass is 290 g/mol. The van der Waals surface area contributed by atoms with Gasteiger partial charge >= 0.3 is 0 Å². The van der Waals surface area contributed by atoms with Crippen LogP contribution in [0.3, 0.4) is 0 Å². The second-order valence-electron chi connectivity index (χ2n) is 6.53. The van der Waals surface area contributed by atoms with E-state index in [0.717, 1.165) is 36.3 Å². The van der Waals surface area contributed by atoms with Crippen LogP contribution < -0.4 is 9.47 Å². The highest BCUT2D eigenvalue weighted by atomic mass is 16.5. The van der Waals surface area contributed by atoms with E-state index >= 15 is 0 Å². The molecule has 0 bridgehead atoms. The minimum atomic E-state index is -0.442. The maximum atomic E-state index is 10.8. The number of aliphatic hydroxyl groups excluding tert-OH is 1. The summed E-state index contributed by atoms with van der Waals surface area (Å²) in [5.74, 6) is 2.08. The van der Waals surface area contributed by atoms with Crippen LogP contribution in [0.4, 0.5) is 0 Å². The second-order valence-corrected chi connectivity index (χ2v) is 6.53. The Balaban J connectivity index is 1.88. The highest BCUT2D eigenvalue weighted by molar-refractivity contribution is 5.49. The Labute approximate surface area is 127 Å². The summed E-state index contributed by atoms with van der Waals surface area (Å²) in [5.41, 5.74) is 2.09. The summed E-state index contributed by atoms with van der Waals surface area (Å²) >= 11 is 0. The third-order valence-electron chi connectivity index (χ3n) is 4.91. The third-order valence-corrected chi connectivity index (χ3v) is 4.91. The average Bonchev–Trinajstić information content (AvgIpc) is 2.68.